The predicted octanol–water partition coefficient (Wildman–Crippen LogP) is 0.616. The van der Waals surface area contributed by atoms with Gasteiger partial charge in [0.05, 0.1) is 6.10 Å². The molecule has 0 spiro atoms. The standard InChI is InChI=1S/C9H10O4/c10-7-3-1-6(8(11)5-7)2-4-9(12)13/h1-6,8,10-11H,(H,12,13). The van der Waals surface area contributed by atoms with E-state index in [4.69, 9.17) is 10.2 Å². The Morgan fingerprint density at radius 2 is 2.23 bits per heavy atom. The molecule has 13 heavy (non-hydrogen) atoms. The van der Waals surface area contributed by atoms with Gasteiger partial charge >= 0.3 is 5.97 Å². The van der Waals surface area contributed by atoms with Gasteiger partial charge in [0.2, 0.25) is 0 Å². The second-order valence-corrected chi connectivity index (χ2v) is 2.72. The fourth-order valence-corrected chi connectivity index (χ4v) is 1.04. The van der Waals surface area contributed by atoms with Gasteiger partial charge in [-0.25, -0.2) is 4.79 Å². The van der Waals surface area contributed by atoms with E-state index in [0.717, 1.165) is 6.08 Å². The van der Waals surface area contributed by atoms with Gasteiger partial charge in [-0.05, 0) is 12.2 Å². The molecule has 0 bridgehead atoms. The van der Waals surface area contributed by atoms with Crippen molar-refractivity contribution >= 4 is 5.97 Å². The fourth-order valence-electron chi connectivity index (χ4n) is 1.04. The highest BCUT2D eigenvalue weighted by molar-refractivity contribution is 5.79. The summed E-state index contributed by atoms with van der Waals surface area (Å²) >= 11 is 0. The number of carbonyl (C=O) groups is 1. The highest BCUT2D eigenvalue weighted by Crippen LogP contribution is 2.16. The number of carboxylic acids is 1. The molecule has 4 nitrogen and oxygen atoms in total. The molecule has 1 aliphatic rings. The predicted molar refractivity (Wildman–Crippen MR) is 46.1 cm³/mol. The van der Waals surface area contributed by atoms with Gasteiger partial charge in [0, 0.05) is 12.0 Å². The third-order valence-corrected chi connectivity index (χ3v) is 1.69. The molecule has 0 aromatic carbocycles. The minimum Gasteiger partial charge on any atom is -0.508 e. The topological polar surface area (TPSA) is 77.8 Å². The normalized spacial score (nSPS) is 27.6. The Morgan fingerprint density at radius 3 is 2.77 bits per heavy atom. The molecular weight excluding hydrogens is 172 g/mol. The van der Waals surface area contributed by atoms with Gasteiger partial charge in [-0.3, -0.25) is 0 Å². The number of aliphatic carboxylic acids is 1. The largest absolute Gasteiger partial charge is 0.508 e. The zero-order chi connectivity index (χ0) is 9.84. The summed E-state index contributed by atoms with van der Waals surface area (Å²) in [4.78, 5) is 10.2. The van der Waals surface area contributed by atoms with Crippen molar-refractivity contribution in [2.24, 2.45) is 5.92 Å². The smallest absolute Gasteiger partial charge is 0.327 e. The maximum atomic E-state index is 10.2. The molecule has 0 aliphatic heterocycles. The van der Waals surface area contributed by atoms with Crippen LogP contribution in [0, 0.1) is 5.92 Å². The molecule has 1 aliphatic carbocycles. The van der Waals surface area contributed by atoms with Crippen LogP contribution in [-0.4, -0.2) is 27.4 Å². The van der Waals surface area contributed by atoms with Crippen LogP contribution in [0.25, 0.3) is 0 Å². The van der Waals surface area contributed by atoms with Gasteiger partial charge in [0.15, 0.2) is 0 Å². The summed E-state index contributed by atoms with van der Waals surface area (Å²) in [5.41, 5.74) is 0. The van der Waals surface area contributed by atoms with E-state index in [1.807, 2.05) is 0 Å². The quantitative estimate of drug-likeness (QED) is 0.547. The Bertz CT molecular complexity index is 288. The van der Waals surface area contributed by atoms with Gasteiger partial charge in [0.25, 0.3) is 0 Å². The van der Waals surface area contributed by atoms with Crippen LogP contribution in [0.2, 0.25) is 0 Å². The molecule has 0 saturated heterocycles. The molecule has 0 radical (unpaired) electrons. The summed E-state index contributed by atoms with van der Waals surface area (Å²) in [5.74, 6) is -1.45. The molecule has 2 unspecified atom stereocenters. The van der Waals surface area contributed by atoms with Crippen LogP contribution in [0.1, 0.15) is 0 Å². The van der Waals surface area contributed by atoms with Crippen molar-refractivity contribution in [1.82, 2.24) is 0 Å². The molecule has 0 amide bonds. The Kier molecular flexibility index (Phi) is 2.87. The first-order valence-electron chi connectivity index (χ1n) is 3.78. The number of allylic oxidation sites excluding steroid dienone is 1. The van der Waals surface area contributed by atoms with Gasteiger partial charge in [-0.15, -0.1) is 0 Å². The minimum absolute atomic E-state index is 0.00697. The molecule has 0 saturated carbocycles. The highest BCUT2D eigenvalue weighted by Gasteiger charge is 2.15. The summed E-state index contributed by atoms with van der Waals surface area (Å²) < 4.78 is 0. The zero-order valence-electron chi connectivity index (χ0n) is 6.79. The first-order chi connectivity index (χ1) is 6.09. The molecule has 0 fully saturated rings. The lowest BCUT2D eigenvalue weighted by Crippen LogP contribution is -2.17. The number of hydrogen-bond acceptors (Lipinski definition) is 3. The molecule has 0 aromatic rings. The monoisotopic (exact) mass is 182 g/mol. The van der Waals surface area contributed by atoms with Crippen molar-refractivity contribution in [1.29, 1.82) is 0 Å². The Balaban J connectivity index is 2.65. The lowest BCUT2D eigenvalue weighted by Gasteiger charge is -2.16. The Morgan fingerprint density at radius 1 is 1.54 bits per heavy atom. The van der Waals surface area contributed by atoms with E-state index in [1.54, 1.807) is 6.08 Å². The van der Waals surface area contributed by atoms with Gasteiger partial charge in [0.1, 0.15) is 5.76 Å². The molecule has 2 atom stereocenters. The molecule has 70 valence electrons. The van der Waals surface area contributed by atoms with E-state index < -0.39 is 12.1 Å². The first kappa shape index (κ1) is 9.54. The number of aliphatic hydroxyl groups excluding tert-OH is 2. The first-order valence-corrected chi connectivity index (χ1v) is 3.78. The van der Waals surface area contributed by atoms with Crippen molar-refractivity contribution in [3.8, 4) is 0 Å². The second-order valence-electron chi connectivity index (χ2n) is 2.72. The molecule has 1 rings (SSSR count). The van der Waals surface area contributed by atoms with Crippen molar-refractivity contribution in [2.75, 3.05) is 0 Å². The summed E-state index contributed by atoms with van der Waals surface area (Å²) in [6.07, 6.45) is 5.70. The van der Waals surface area contributed by atoms with Crippen LogP contribution in [-0.2, 0) is 4.79 Å². The van der Waals surface area contributed by atoms with Crippen LogP contribution < -0.4 is 0 Å². The van der Waals surface area contributed by atoms with Crippen molar-refractivity contribution < 1.29 is 20.1 Å². The number of rotatable bonds is 2. The van der Waals surface area contributed by atoms with E-state index >= 15 is 0 Å². The molecular formula is C9H10O4. The van der Waals surface area contributed by atoms with Gasteiger partial charge in [-0.2, -0.15) is 0 Å². The lowest BCUT2D eigenvalue weighted by molar-refractivity contribution is -0.131. The van der Waals surface area contributed by atoms with E-state index in [1.165, 1.54) is 18.2 Å². The third kappa shape index (κ3) is 2.76. The summed E-state index contributed by atoms with van der Waals surface area (Å²) in [7, 11) is 0. The van der Waals surface area contributed by atoms with Crippen LogP contribution in [0.4, 0.5) is 0 Å². The Hall–Kier alpha value is -1.55. The summed E-state index contributed by atoms with van der Waals surface area (Å²) in [5, 5.41) is 26.6. The molecule has 0 heterocycles. The fraction of sp³-hybridized carbons (Fsp3) is 0.222. The number of hydrogen-bond donors (Lipinski definition) is 3. The minimum atomic E-state index is -1.06. The third-order valence-electron chi connectivity index (χ3n) is 1.69. The highest BCUT2D eigenvalue weighted by atomic mass is 16.4. The van der Waals surface area contributed by atoms with E-state index in [-0.39, 0.29) is 11.7 Å². The number of carboxylic acid groups (broad SMARTS) is 1. The summed E-state index contributed by atoms with van der Waals surface area (Å²) in [6.45, 7) is 0. The van der Waals surface area contributed by atoms with Crippen molar-refractivity contribution in [2.45, 2.75) is 6.10 Å². The van der Waals surface area contributed by atoms with Crippen LogP contribution in [0.3, 0.4) is 0 Å². The van der Waals surface area contributed by atoms with Gasteiger partial charge < -0.3 is 15.3 Å². The maximum absolute atomic E-state index is 10.2. The van der Waals surface area contributed by atoms with E-state index in [0.29, 0.717) is 0 Å². The average Bonchev–Trinajstić information content (AvgIpc) is 2.02. The van der Waals surface area contributed by atoms with Gasteiger partial charge in [-0.1, -0.05) is 12.2 Å². The molecule has 3 N–H and O–H groups in total. The maximum Gasteiger partial charge on any atom is 0.327 e. The summed E-state index contributed by atoms with van der Waals surface area (Å²) in [6, 6.07) is 0. The van der Waals surface area contributed by atoms with Crippen molar-refractivity contribution in [3.63, 3.8) is 0 Å². The molecule has 4 heteroatoms. The van der Waals surface area contributed by atoms with Crippen molar-refractivity contribution in [3.05, 3.63) is 36.1 Å². The van der Waals surface area contributed by atoms with E-state index in [9.17, 15) is 9.90 Å². The Labute approximate surface area is 75.1 Å². The van der Waals surface area contributed by atoms with Crippen LogP contribution in [0.5, 0.6) is 0 Å². The second kappa shape index (κ2) is 3.91. The number of aliphatic hydroxyl groups is 2. The lowest BCUT2D eigenvalue weighted by atomic mass is 9.96. The van der Waals surface area contributed by atoms with Crippen LogP contribution in [0.15, 0.2) is 36.1 Å². The van der Waals surface area contributed by atoms with E-state index in [2.05, 4.69) is 0 Å². The molecule has 0 aromatic heterocycles. The average molecular weight is 182 g/mol. The zero-order valence-corrected chi connectivity index (χ0v) is 6.79. The van der Waals surface area contributed by atoms with Crippen LogP contribution >= 0.6 is 0 Å². The SMILES string of the molecule is O=C(O)C=CC1C=CC(O)=CC1O.